The van der Waals surface area contributed by atoms with E-state index >= 15 is 0 Å². The molecular formula is C35H45NO3. The summed E-state index contributed by atoms with van der Waals surface area (Å²) < 4.78 is 12.2. The van der Waals surface area contributed by atoms with Gasteiger partial charge in [-0.25, -0.2) is 0 Å². The molecule has 4 heteroatoms. The quantitative estimate of drug-likeness (QED) is 0.214. The number of likely N-dealkylation sites (tertiary alicyclic amines) is 1. The maximum atomic E-state index is 10.2. The SMILES string of the molecule is Oc1ccc2c(c1)[C@H](c1ccc(OCCCCCCCCCCN3CCCC3)cc1)[C@H](c1ccccc1)CO2. The lowest BCUT2D eigenvalue weighted by atomic mass is 9.76. The van der Waals surface area contributed by atoms with Crippen molar-refractivity contribution in [1.82, 2.24) is 4.90 Å². The van der Waals surface area contributed by atoms with Gasteiger partial charge in [-0.2, -0.15) is 0 Å². The fourth-order valence-corrected chi connectivity index (χ4v) is 6.27. The minimum Gasteiger partial charge on any atom is -0.508 e. The molecule has 3 aromatic carbocycles. The van der Waals surface area contributed by atoms with E-state index in [0.717, 1.165) is 30.1 Å². The summed E-state index contributed by atoms with van der Waals surface area (Å²) in [6.45, 7) is 5.37. The van der Waals surface area contributed by atoms with E-state index in [1.165, 1.54) is 88.5 Å². The number of ether oxygens (including phenoxy) is 2. The van der Waals surface area contributed by atoms with Gasteiger partial charge in [0.15, 0.2) is 0 Å². The number of fused-ring (bicyclic) bond motifs is 1. The fraction of sp³-hybridized carbons (Fsp3) is 0.486. The summed E-state index contributed by atoms with van der Waals surface area (Å²) in [4.78, 5) is 2.63. The number of phenolic OH excluding ortho intramolecular Hbond substituents is 1. The number of nitrogens with zero attached hydrogens (tertiary/aromatic N) is 1. The van der Waals surface area contributed by atoms with Crippen molar-refractivity contribution in [3.8, 4) is 17.2 Å². The Hall–Kier alpha value is -2.98. The summed E-state index contributed by atoms with van der Waals surface area (Å²) in [5.41, 5.74) is 3.50. The van der Waals surface area contributed by atoms with Gasteiger partial charge in [-0.3, -0.25) is 0 Å². The van der Waals surface area contributed by atoms with E-state index in [-0.39, 0.29) is 17.6 Å². The van der Waals surface area contributed by atoms with Crippen LogP contribution in [-0.4, -0.2) is 42.9 Å². The molecule has 0 amide bonds. The van der Waals surface area contributed by atoms with Crippen molar-refractivity contribution in [1.29, 1.82) is 0 Å². The number of phenols is 1. The van der Waals surface area contributed by atoms with Gasteiger partial charge in [-0.05, 0) is 86.8 Å². The monoisotopic (exact) mass is 527 g/mol. The van der Waals surface area contributed by atoms with Crippen LogP contribution >= 0.6 is 0 Å². The number of rotatable bonds is 14. The topological polar surface area (TPSA) is 41.9 Å². The van der Waals surface area contributed by atoms with Crippen molar-refractivity contribution >= 4 is 0 Å². The molecule has 0 aromatic heterocycles. The van der Waals surface area contributed by atoms with Gasteiger partial charge in [0, 0.05) is 17.4 Å². The third kappa shape index (κ3) is 7.79. The number of hydrogen-bond donors (Lipinski definition) is 1. The molecule has 0 saturated carbocycles. The summed E-state index contributed by atoms with van der Waals surface area (Å²) in [6.07, 6.45) is 13.4. The van der Waals surface area contributed by atoms with E-state index in [1.807, 2.05) is 18.2 Å². The average Bonchev–Trinajstić information content (AvgIpc) is 3.50. The molecule has 0 aliphatic carbocycles. The highest BCUT2D eigenvalue weighted by Gasteiger charge is 2.33. The lowest BCUT2D eigenvalue weighted by Gasteiger charge is -2.34. The second kappa shape index (κ2) is 14.4. The first kappa shape index (κ1) is 27.6. The first-order valence-corrected chi connectivity index (χ1v) is 15.2. The molecule has 2 heterocycles. The van der Waals surface area contributed by atoms with Crippen LogP contribution in [0.3, 0.4) is 0 Å². The van der Waals surface area contributed by atoms with Crippen LogP contribution in [0.2, 0.25) is 0 Å². The summed E-state index contributed by atoms with van der Waals surface area (Å²) in [6, 6.07) is 24.5. The molecule has 1 N–H and O–H groups in total. The van der Waals surface area contributed by atoms with Crippen LogP contribution in [0.25, 0.3) is 0 Å². The molecule has 1 fully saturated rings. The van der Waals surface area contributed by atoms with Crippen LogP contribution in [0.1, 0.15) is 92.7 Å². The molecule has 3 aromatic rings. The first-order valence-electron chi connectivity index (χ1n) is 15.2. The Morgan fingerprint density at radius 3 is 2.18 bits per heavy atom. The zero-order valence-electron chi connectivity index (χ0n) is 23.4. The average molecular weight is 528 g/mol. The second-order valence-electron chi connectivity index (χ2n) is 11.3. The predicted octanol–water partition coefficient (Wildman–Crippen LogP) is 8.30. The van der Waals surface area contributed by atoms with Gasteiger partial charge in [0.05, 0.1) is 13.2 Å². The van der Waals surface area contributed by atoms with Crippen LogP contribution in [0.15, 0.2) is 72.8 Å². The lowest BCUT2D eigenvalue weighted by Crippen LogP contribution is -2.25. The van der Waals surface area contributed by atoms with E-state index in [0.29, 0.717) is 6.61 Å². The Morgan fingerprint density at radius 2 is 1.44 bits per heavy atom. The fourth-order valence-electron chi connectivity index (χ4n) is 6.27. The molecule has 0 spiro atoms. The van der Waals surface area contributed by atoms with Crippen molar-refractivity contribution in [2.24, 2.45) is 0 Å². The lowest BCUT2D eigenvalue weighted by molar-refractivity contribution is 0.248. The molecule has 2 aliphatic heterocycles. The van der Waals surface area contributed by atoms with Gasteiger partial charge in [0.1, 0.15) is 17.2 Å². The molecule has 2 aliphatic rings. The van der Waals surface area contributed by atoms with Crippen molar-refractivity contribution in [3.63, 3.8) is 0 Å². The van der Waals surface area contributed by atoms with Crippen LogP contribution in [0, 0.1) is 0 Å². The summed E-state index contributed by atoms with van der Waals surface area (Å²) in [5.74, 6) is 2.34. The van der Waals surface area contributed by atoms with Gasteiger partial charge in [-0.1, -0.05) is 81.0 Å². The van der Waals surface area contributed by atoms with Gasteiger partial charge in [0.25, 0.3) is 0 Å². The van der Waals surface area contributed by atoms with Gasteiger partial charge in [0.2, 0.25) is 0 Å². The van der Waals surface area contributed by atoms with Gasteiger partial charge < -0.3 is 19.5 Å². The third-order valence-electron chi connectivity index (χ3n) is 8.45. The standard InChI is InChI=1S/C35H45NO3/c37-30-18-21-34-32(26-30)35(33(27-39-34)28-14-8-7-9-15-28)29-16-19-31(20-17-29)38-25-13-6-4-2-1-3-5-10-22-36-23-11-12-24-36/h7-9,14-21,26,33,35,37H,1-6,10-13,22-25,27H2/t33-,35-/m0/s1. The summed E-state index contributed by atoms with van der Waals surface area (Å²) >= 11 is 0. The number of benzene rings is 3. The molecule has 2 atom stereocenters. The minimum atomic E-state index is 0.109. The minimum absolute atomic E-state index is 0.109. The zero-order valence-corrected chi connectivity index (χ0v) is 23.4. The first-order chi connectivity index (χ1) is 19.3. The Morgan fingerprint density at radius 1 is 0.744 bits per heavy atom. The molecule has 0 radical (unpaired) electrons. The normalized spacial score (nSPS) is 19.0. The van der Waals surface area contributed by atoms with Crippen LogP contribution in [-0.2, 0) is 0 Å². The summed E-state index contributed by atoms with van der Waals surface area (Å²) in [7, 11) is 0. The largest absolute Gasteiger partial charge is 0.508 e. The molecule has 1 saturated heterocycles. The zero-order chi connectivity index (χ0) is 26.7. The molecule has 4 nitrogen and oxygen atoms in total. The van der Waals surface area contributed by atoms with Gasteiger partial charge >= 0.3 is 0 Å². The molecule has 5 rings (SSSR count). The van der Waals surface area contributed by atoms with Gasteiger partial charge in [-0.15, -0.1) is 0 Å². The Balaban J connectivity index is 1.06. The smallest absolute Gasteiger partial charge is 0.123 e. The Labute approximate surface area is 235 Å². The van der Waals surface area contributed by atoms with Crippen LogP contribution in [0.4, 0.5) is 0 Å². The van der Waals surface area contributed by atoms with Crippen molar-refractivity contribution in [2.45, 2.75) is 76.0 Å². The highest BCUT2D eigenvalue weighted by atomic mass is 16.5. The van der Waals surface area contributed by atoms with Crippen LogP contribution < -0.4 is 9.47 Å². The molecular weight excluding hydrogens is 482 g/mol. The van der Waals surface area contributed by atoms with Crippen molar-refractivity contribution in [3.05, 3.63) is 89.5 Å². The van der Waals surface area contributed by atoms with E-state index in [4.69, 9.17) is 9.47 Å². The highest BCUT2D eigenvalue weighted by Crippen LogP contribution is 2.47. The van der Waals surface area contributed by atoms with Crippen molar-refractivity contribution in [2.75, 3.05) is 32.8 Å². The maximum absolute atomic E-state index is 10.2. The molecule has 208 valence electrons. The Bertz CT molecular complexity index is 1120. The van der Waals surface area contributed by atoms with E-state index in [9.17, 15) is 5.11 Å². The molecule has 39 heavy (non-hydrogen) atoms. The highest BCUT2D eigenvalue weighted by molar-refractivity contribution is 5.51. The van der Waals surface area contributed by atoms with E-state index < -0.39 is 0 Å². The molecule has 0 unspecified atom stereocenters. The summed E-state index contributed by atoms with van der Waals surface area (Å²) in [5, 5.41) is 10.2. The number of unbranched alkanes of at least 4 members (excludes halogenated alkanes) is 7. The van der Waals surface area contributed by atoms with E-state index in [1.54, 1.807) is 6.07 Å². The number of hydrogen-bond acceptors (Lipinski definition) is 4. The van der Waals surface area contributed by atoms with Crippen LogP contribution in [0.5, 0.6) is 17.2 Å². The predicted molar refractivity (Wildman–Crippen MR) is 159 cm³/mol. The molecule has 0 bridgehead atoms. The Kier molecular flexibility index (Phi) is 10.2. The van der Waals surface area contributed by atoms with E-state index in [2.05, 4.69) is 53.4 Å². The third-order valence-corrected chi connectivity index (χ3v) is 8.45. The van der Waals surface area contributed by atoms with Crippen molar-refractivity contribution < 1.29 is 14.6 Å². The second-order valence-corrected chi connectivity index (χ2v) is 11.3. The number of aromatic hydroxyl groups is 1. The maximum Gasteiger partial charge on any atom is 0.123 e.